The molecule has 2 heterocycles. The van der Waals surface area contributed by atoms with E-state index in [-0.39, 0.29) is 23.0 Å². The van der Waals surface area contributed by atoms with E-state index in [1.165, 1.54) is 29.0 Å². The number of nitrogens with one attached hydrogen (secondary N) is 1. The van der Waals surface area contributed by atoms with Crippen molar-refractivity contribution in [1.82, 2.24) is 14.1 Å². The first kappa shape index (κ1) is 18.8. The number of rotatable bonds is 5. The predicted octanol–water partition coefficient (Wildman–Crippen LogP) is 2.79. The van der Waals surface area contributed by atoms with Crippen molar-refractivity contribution in [1.29, 1.82) is 0 Å². The molecule has 0 amide bonds. The Morgan fingerprint density at radius 2 is 2.00 bits per heavy atom. The Morgan fingerprint density at radius 3 is 2.67 bits per heavy atom. The molecular formula is C18H20FN5O2S. The van der Waals surface area contributed by atoms with E-state index in [0.29, 0.717) is 17.4 Å². The van der Waals surface area contributed by atoms with Gasteiger partial charge in [-0.25, -0.2) is 14.2 Å². The van der Waals surface area contributed by atoms with E-state index in [1.54, 1.807) is 23.6 Å². The molecule has 3 N–H and O–H groups in total. The van der Waals surface area contributed by atoms with E-state index in [1.807, 2.05) is 13.8 Å². The second kappa shape index (κ2) is 7.36. The van der Waals surface area contributed by atoms with Gasteiger partial charge in [0.1, 0.15) is 17.2 Å². The van der Waals surface area contributed by atoms with E-state index in [2.05, 4.69) is 10.3 Å². The summed E-state index contributed by atoms with van der Waals surface area (Å²) in [6.07, 6.45) is 0. The van der Waals surface area contributed by atoms with Crippen molar-refractivity contribution in [2.24, 2.45) is 13.0 Å². The van der Waals surface area contributed by atoms with E-state index in [4.69, 9.17) is 5.73 Å². The third kappa shape index (κ3) is 3.63. The maximum atomic E-state index is 13.8. The molecule has 3 aromatic rings. The van der Waals surface area contributed by atoms with Crippen LogP contribution in [0.15, 0.2) is 39.2 Å². The van der Waals surface area contributed by atoms with Crippen molar-refractivity contribution in [3.8, 4) is 11.3 Å². The molecule has 142 valence electrons. The Labute approximate surface area is 158 Å². The number of nitrogens with zero attached hydrogens (tertiary/aromatic N) is 3. The molecule has 9 heteroatoms. The van der Waals surface area contributed by atoms with Crippen molar-refractivity contribution in [2.45, 2.75) is 20.4 Å². The van der Waals surface area contributed by atoms with Crippen molar-refractivity contribution < 1.29 is 4.39 Å². The molecule has 0 fully saturated rings. The van der Waals surface area contributed by atoms with E-state index in [9.17, 15) is 14.0 Å². The second-order valence-corrected chi connectivity index (χ2v) is 7.41. The second-order valence-electron chi connectivity index (χ2n) is 6.55. The summed E-state index contributed by atoms with van der Waals surface area (Å²) in [4.78, 5) is 29.4. The molecule has 0 radical (unpaired) electrons. The van der Waals surface area contributed by atoms with Crippen LogP contribution in [0.1, 0.15) is 13.8 Å². The third-order valence-electron chi connectivity index (χ3n) is 4.01. The van der Waals surface area contributed by atoms with E-state index < -0.39 is 17.1 Å². The average molecular weight is 389 g/mol. The third-order valence-corrected chi connectivity index (χ3v) is 4.76. The van der Waals surface area contributed by atoms with Crippen LogP contribution in [0, 0.1) is 11.7 Å². The number of hydrogen-bond donors (Lipinski definition) is 2. The standard InChI is InChI=1S/C18H20FN5O2S/c1-10(2)8-24-15(20)14(16(25)23(3)18(24)26)13-9-27-17(22-13)21-12-7-5-4-6-11(12)19/h4-7,9-10H,8,20H2,1-3H3,(H,21,22). The number of aromatic nitrogens is 3. The zero-order valence-corrected chi connectivity index (χ0v) is 16.0. The van der Waals surface area contributed by atoms with Crippen LogP contribution < -0.4 is 22.3 Å². The molecule has 7 nitrogen and oxygen atoms in total. The zero-order chi connectivity index (χ0) is 19.7. The number of benzene rings is 1. The molecule has 0 saturated carbocycles. The van der Waals surface area contributed by atoms with Crippen molar-refractivity contribution in [2.75, 3.05) is 11.1 Å². The summed E-state index contributed by atoms with van der Waals surface area (Å²) in [5, 5.41) is 4.96. The Bertz CT molecular complexity index is 1100. The molecule has 27 heavy (non-hydrogen) atoms. The van der Waals surface area contributed by atoms with E-state index in [0.717, 1.165) is 4.57 Å². The van der Waals surface area contributed by atoms with Crippen LogP contribution in [0.5, 0.6) is 0 Å². The minimum atomic E-state index is -0.514. The van der Waals surface area contributed by atoms with Gasteiger partial charge < -0.3 is 11.1 Å². The lowest BCUT2D eigenvalue weighted by Crippen LogP contribution is -2.41. The molecular weight excluding hydrogens is 369 g/mol. The summed E-state index contributed by atoms with van der Waals surface area (Å²) in [6.45, 7) is 4.29. The van der Waals surface area contributed by atoms with E-state index >= 15 is 0 Å². The molecule has 0 unspecified atom stereocenters. The summed E-state index contributed by atoms with van der Waals surface area (Å²) in [5.41, 5.74) is 5.96. The smallest absolute Gasteiger partial charge is 0.332 e. The fraction of sp³-hybridized carbons (Fsp3) is 0.278. The molecule has 1 aromatic carbocycles. The van der Waals surface area contributed by atoms with Gasteiger partial charge in [0.15, 0.2) is 5.13 Å². The topological polar surface area (TPSA) is 94.9 Å². The normalized spacial score (nSPS) is 11.1. The fourth-order valence-corrected chi connectivity index (χ4v) is 3.40. The first-order chi connectivity index (χ1) is 12.8. The van der Waals surface area contributed by atoms with Gasteiger partial charge in [-0.2, -0.15) is 0 Å². The maximum Gasteiger partial charge on any atom is 0.332 e. The molecule has 2 aromatic heterocycles. The highest BCUT2D eigenvalue weighted by Gasteiger charge is 2.20. The lowest BCUT2D eigenvalue weighted by Gasteiger charge is -2.15. The molecule has 0 spiro atoms. The summed E-state index contributed by atoms with van der Waals surface area (Å²) >= 11 is 1.22. The monoisotopic (exact) mass is 389 g/mol. The van der Waals surface area contributed by atoms with Gasteiger partial charge in [-0.05, 0) is 18.1 Å². The number of nitrogen functional groups attached to an aromatic ring is 1. The number of hydrogen-bond acceptors (Lipinski definition) is 6. The Balaban J connectivity index is 2.06. The highest BCUT2D eigenvalue weighted by Crippen LogP contribution is 2.28. The van der Waals surface area contributed by atoms with Crippen LogP contribution in [-0.4, -0.2) is 14.1 Å². The summed E-state index contributed by atoms with van der Waals surface area (Å²) in [6, 6.07) is 6.23. The number of para-hydroxylation sites is 1. The largest absolute Gasteiger partial charge is 0.384 e. The predicted molar refractivity (Wildman–Crippen MR) is 106 cm³/mol. The molecule has 0 bridgehead atoms. The van der Waals surface area contributed by atoms with Gasteiger partial charge in [0, 0.05) is 19.0 Å². The molecule has 0 aliphatic carbocycles. The lowest BCUT2D eigenvalue weighted by molar-refractivity contribution is 0.494. The quantitative estimate of drug-likeness (QED) is 0.700. The number of anilines is 3. The van der Waals surface area contributed by atoms with Crippen molar-refractivity contribution in [3.05, 3.63) is 56.3 Å². The molecule has 0 saturated heterocycles. The number of nitrogens with two attached hydrogens (primary N) is 1. The van der Waals surface area contributed by atoms with Gasteiger partial charge in [-0.3, -0.25) is 13.9 Å². The average Bonchev–Trinajstić information content (AvgIpc) is 3.07. The van der Waals surface area contributed by atoms with Gasteiger partial charge >= 0.3 is 5.69 Å². The summed E-state index contributed by atoms with van der Waals surface area (Å²) in [5.74, 6) is -0.154. The van der Waals surface area contributed by atoms with Crippen LogP contribution >= 0.6 is 11.3 Å². The van der Waals surface area contributed by atoms with Crippen LogP contribution in [0.4, 0.5) is 21.0 Å². The Kier molecular flexibility index (Phi) is 5.13. The van der Waals surface area contributed by atoms with Gasteiger partial charge in [0.25, 0.3) is 5.56 Å². The zero-order valence-electron chi connectivity index (χ0n) is 15.2. The van der Waals surface area contributed by atoms with Gasteiger partial charge in [0.05, 0.1) is 11.4 Å². The minimum absolute atomic E-state index is 0.0829. The molecule has 0 aliphatic rings. The van der Waals surface area contributed by atoms with Crippen molar-refractivity contribution >= 4 is 28.0 Å². The van der Waals surface area contributed by atoms with Gasteiger partial charge in [0.2, 0.25) is 0 Å². The lowest BCUT2D eigenvalue weighted by atomic mass is 10.2. The molecule has 0 aliphatic heterocycles. The SMILES string of the molecule is CC(C)Cn1c(N)c(-c2csc(Nc3ccccc3F)n2)c(=O)n(C)c1=O. The minimum Gasteiger partial charge on any atom is -0.384 e. The number of thiazole rings is 1. The maximum absolute atomic E-state index is 13.8. The highest BCUT2D eigenvalue weighted by molar-refractivity contribution is 7.14. The highest BCUT2D eigenvalue weighted by atomic mass is 32.1. The molecule has 0 atom stereocenters. The van der Waals surface area contributed by atoms with Gasteiger partial charge in [-0.15, -0.1) is 11.3 Å². The summed E-state index contributed by atoms with van der Waals surface area (Å²) < 4.78 is 16.2. The van der Waals surface area contributed by atoms with Gasteiger partial charge in [-0.1, -0.05) is 26.0 Å². The van der Waals surface area contributed by atoms with Crippen molar-refractivity contribution in [3.63, 3.8) is 0 Å². The Hall–Kier alpha value is -2.94. The van der Waals surface area contributed by atoms with Crippen LogP contribution in [0.25, 0.3) is 11.3 Å². The first-order valence-corrected chi connectivity index (χ1v) is 9.24. The molecule has 3 rings (SSSR count). The van der Waals surface area contributed by atoms with Crippen LogP contribution in [-0.2, 0) is 13.6 Å². The number of halogens is 1. The van der Waals surface area contributed by atoms with Crippen LogP contribution in [0.3, 0.4) is 0 Å². The summed E-state index contributed by atoms with van der Waals surface area (Å²) in [7, 11) is 1.41. The first-order valence-electron chi connectivity index (χ1n) is 8.36. The Morgan fingerprint density at radius 1 is 1.30 bits per heavy atom. The van der Waals surface area contributed by atoms with Crippen LogP contribution in [0.2, 0.25) is 0 Å². The fourth-order valence-electron chi connectivity index (χ4n) is 2.69.